The number of anilines is 1. The van der Waals surface area contributed by atoms with E-state index in [1.807, 2.05) is 0 Å². The molecule has 3 N–H and O–H groups in total. The Morgan fingerprint density at radius 3 is 2.62 bits per heavy atom. The second-order valence-electron chi connectivity index (χ2n) is 4.65. The van der Waals surface area contributed by atoms with Crippen LogP contribution >= 0.6 is 0 Å². The zero-order valence-electron chi connectivity index (χ0n) is 12.1. The molecule has 0 aromatic heterocycles. The number of hydrogen-bond acceptors (Lipinski definition) is 5. The number of carbonyl (C=O) groups is 2. The molecule has 0 saturated heterocycles. The second kappa shape index (κ2) is 6.83. The number of imide groups is 1. The number of carbonyl (C=O) groups excluding carboxylic acids is 2. The topological polar surface area (TPSA) is 88.7 Å². The van der Waals surface area contributed by atoms with Crippen molar-refractivity contribution in [2.45, 2.75) is 19.4 Å². The quantitative estimate of drug-likeness (QED) is 0.776. The fourth-order valence-electron chi connectivity index (χ4n) is 1.85. The highest BCUT2D eigenvalue weighted by molar-refractivity contribution is 5.97. The van der Waals surface area contributed by atoms with Crippen LogP contribution in [0.1, 0.15) is 13.3 Å². The number of amides is 3. The van der Waals surface area contributed by atoms with Gasteiger partial charge in [0.05, 0.1) is 13.2 Å². The minimum absolute atomic E-state index is 0.415. The van der Waals surface area contributed by atoms with Gasteiger partial charge in [-0.25, -0.2) is 4.79 Å². The van der Waals surface area contributed by atoms with Crippen LogP contribution in [0.4, 0.5) is 10.5 Å². The van der Waals surface area contributed by atoms with Crippen molar-refractivity contribution >= 4 is 17.6 Å². The molecule has 0 spiro atoms. The summed E-state index contributed by atoms with van der Waals surface area (Å²) in [5.41, 5.74) is 0.721. The Morgan fingerprint density at radius 2 is 1.90 bits per heavy atom. The molecule has 1 aliphatic heterocycles. The van der Waals surface area contributed by atoms with Crippen LogP contribution in [-0.4, -0.2) is 38.2 Å². The summed E-state index contributed by atoms with van der Waals surface area (Å²) in [7, 11) is 1.45. The molecule has 21 heavy (non-hydrogen) atoms. The third-order valence-corrected chi connectivity index (χ3v) is 2.99. The summed E-state index contributed by atoms with van der Waals surface area (Å²) in [4.78, 5) is 22.9. The molecular weight excluding hydrogens is 274 g/mol. The molecule has 7 heteroatoms. The van der Waals surface area contributed by atoms with Gasteiger partial charge in [-0.2, -0.15) is 0 Å². The fraction of sp³-hybridized carbons (Fsp3) is 0.429. The number of rotatable bonds is 3. The van der Waals surface area contributed by atoms with Crippen LogP contribution < -0.4 is 25.4 Å². The molecule has 0 saturated carbocycles. The van der Waals surface area contributed by atoms with Crippen molar-refractivity contribution in [3.8, 4) is 11.5 Å². The van der Waals surface area contributed by atoms with Gasteiger partial charge in [0, 0.05) is 25.2 Å². The Kier molecular flexibility index (Phi) is 4.86. The van der Waals surface area contributed by atoms with E-state index in [2.05, 4.69) is 16.0 Å². The van der Waals surface area contributed by atoms with Gasteiger partial charge in [0.15, 0.2) is 11.5 Å². The lowest BCUT2D eigenvalue weighted by Crippen LogP contribution is -2.44. The van der Waals surface area contributed by atoms with E-state index in [1.165, 1.54) is 7.05 Å². The van der Waals surface area contributed by atoms with E-state index >= 15 is 0 Å². The van der Waals surface area contributed by atoms with Crippen LogP contribution in [0, 0.1) is 0 Å². The van der Waals surface area contributed by atoms with E-state index < -0.39 is 18.0 Å². The predicted molar refractivity (Wildman–Crippen MR) is 77.7 cm³/mol. The third kappa shape index (κ3) is 4.01. The maximum Gasteiger partial charge on any atom is 0.321 e. The zero-order valence-corrected chi connectivity index (χ0v) is 12.1. The normalized spacial score (nSPS) is 14.6. The molecule has 1 atom stereocenters. The molecule has 0 aliphatic carbocycles. The lowest BCUT2D eigenvalue weighted by molar-refractivity contribution is -0.120. The van der Waals surface area contributed by atoms with Crippen molar-refractivity contribution in [2.24, 2.45) is 0 Å². The van der Waals surface area contributed by atoms with Gasteiger partial charge in [-0.3, -0.25) is 10.1 Å². The molecule has 3 amide bonds. The molecule has 2 rings (SSSR count). The molecule has 0 bridgehead atoms. The van der Waals surface area contributed by atoms with Crippen LogP contribution in [0.5, 0.6) is 11.5 Å². The van der Waals surface area contributed by atoms with Crippen LogP contribution in [-0.2, 0) is 4.79 Å². The molecule has 1 heterocycles. The van der Waals surface area contributed by atoms with Gasteiger partial charge in [-0.05, 0) is 19.1 Å². The summed E-state index contributed by atoms with van der Waals surface area (Å²) in [6.07, 6.45) is 0.836. The third-order valence-electron chi connectivity index (χ3n) is 2.99. The minimum atomic E-state index is -0.563. The molecule has 0 fully saturated rings. The van der Waals surface area contributed by atoms with Gasteiger partial charge in [0.2, 0.25) is 5.91 Å². The van der Waals surface area contributed by atoms with E-state index in [1.54, 1.807) is 25.1 Å². The van der Waals surface area contributed by atoms with Gasteiger partial charge in [0.25, 0.3) is 0 Å². The van der Waals surface area contributed by atoms with Crippen molar-refractivity contribution < 1.29 is 19.1 Å². The zero-order chi connectivity index (χ0) is 15.2. The first-order valence-corrected chi connectivity index (χ1v) is 6.79. The van der Waals surface area contributed by atoms with E-state index in [0.29, 0.717) is 24.7 Å². The molecule has 1 aromatic rings. The van der Waals surface area contributed by atoms with Crippen molar-refractivity contribution in [3.63, 3.8) is 0 Å². The van der Waals surface area contributed by atoms with Gasteiger partial charge in [-0.15, -0.1) is 0 Å². The van der Waals surface area contributed by atoms with Crippen LogP contribution in [0.3, 0.4) is 0 Å². The first-order valence-electron chi connectivity index (χ1n) is 6.79. The Hall–Kier alpha value is -2.44. The Morgan fingerprint density at radius 1 is 1.19 bits per heavy atom. The Labute approximate surface area is 123 Å². The van der Waals surface area contributed by atoms with Gasteiger partial charge < -0.3 is 20.1 Å². The van der Waals surface area contributed by atoms with E-state index in [0.717, 1.165) is 12.1 Å². The summed E-state index contributed by atoms with van der Waals surface area (Å²) in [5.74, 6) is 0.929. The number of hydrogen-bond donors (Lipinski definition) is 3. The molecular formula is C14H19N3O4. The number of fused-ring (bicyclic) bond motifs is 1. The van der Waals surface area contributed by atoms with Crippen molar-refractivity contribution in [2.75, 3.05) is 25.6 Å². The van der Waals surface area contributed by atoms with Crippen LogP contribution in [0.2, 0.25) is 0 Å². The van der Waals surface area contributed by atoms with Crippen molar-refractivity contribution in [1.29, 1.82) is 0 Å². The van der Waals surface area contributed by atoms with Crippen LogP contribution in [0.15, 0.2) is 18.2 Å². The highest BCUT2D eigenvalue weighted by atomic mass is 16.5. The highest BCUT2D eigenvalue weighted by Crippen LogP contribution is 2.32. The molecule has 1 aliphatic rings. The smallest absolute Gasteiger partial charge is 0.321 e. The summed E-state index contributed by atoms with van der Waals surface area (Å²) in [5, 5.41) is 7.56. The standard InChI is InChI=1S/C14H19N3O4/c1-9(13(18)17-14(19)15-2)16-10-4-5-11-12(8-10)21-7-3-6-20-11/h4-5,8-9,16H,3,6-7H2,1-2H3,(H2,15,17,18,19)/t9-/m0/s1. The summed E-state index contributed by atoms with van der Waals surface area (Å²) >= 11 is 0. The average molecular weight is 293 g/mol. The lowest BCUT2D eigenvalue weighted by Gasteiger charge is -2.16. The van der Waals surface area contributed by atoms with Gasteiger partial charge >= 0.3 is 6.03 Å². The largest absolute Gasteiger partial charge is 0.490 e. The monoisotopic (exact) mass is 293 g/mol. The van der Waals surface area contributed by atoms with Gasteiger partial charge in [0.1, 0.15) is 6.04 Å². The predicted octanol–water partition coefficient (Wildman–Crippen LogP) is 1.10. The number of nitrogens with one attached hydrogen (secondary N) is 3. The molecule has 114 valence electrons. The molecule has 0 radical (unpaired) electrons. The van der Waals surface area contributed by atoms with E-state index in [-0.39, 0.29) is 0 Å². The summed E-state index contributed by atoms with van der Waals surface area (Å²) in [6, 6.07) is 4.28. The molecule has 0 unspecified atom stereocenters. The van der Waals surface area contributed by atoms with Gasteiger partial charge in [-0.1, -0.05) is 0 Å². The first kappa shape index (κ1) is 15.0. The fourth-order valence-corrected chi connectivity index (χ4v) is 1.85. The molecule has 7 nitrogen and oxygen atoms in total. The summed E-state index contributed by atoms with van der Waals surface area (Å²) < 4.78 is 11.1. The number of urea groups is 1. The first-order chi connectivity index (χ1) is 10.1. The number of benzene rings is 1. The van der Waals surface area contributed by atoms with Crippen molar-refractivity contribution in [3.05, 3.63) is 18.2 Å². The van der Waals surface area contributed by atoms with Crippen molar-refractivity contribution in [1.82, 2.24) is 10.6 Å². The molecule has 1 aromatic carbocycles. The van der Waals surface area contributed by atoms with Crippen LogP contribution in [0.25, 0.3) is 0 Å². The minimum Gasteiger partial charge on any atom is -0.490 e. The lowest BCUT2D eigenvalue weighted by atomic mass is 10.2. The maximum atomic E-state index is 11.8. The highest BCUT2D eigenvalue weighted by Gasteiger charge is 2.16. The maximum absolute atomic E-state index is 11.8. The Balaban J connectivity index is 2.01. The average Bonchev–Trinajstić information content (AvgIpc) is 2.71. The second-order valence-corrected chi connectivity index (χ2v) is 4.65. The van der Waals surface area contributed by atoms with E-state index in [9.17, 15) is 9.59 Å². The Bertz CT molecular complexity index is 533. The van der Waals surface area contributed by atoms with E-state index in [4.69, 9.17) is 9.47 Å². The summed E-state index contributed by atoms with van der Waals surface area (Å²) in [6.45, 7) is 2.90. The number of ether oxygens (including phenoxy) is 2. The SMILES string of the molecule is CNC(=O)NC(=O)[C@H](C)Nc1ccc2c(c1)OCCCO2.